The Morgan fingerprint density at radius 1 is 1.42 bits per heavy atom. The number of amides is 1. The van der Waals surface area contributed by atoms with Crippen LogP contribution in [0.3, 0.4) is 0 Å². The van der Waals surface area contributed by atoms with Gasteiger partial charge in [-0.3, -0.25) is 9.48 Å². The zero-order chi connectivity index (χ0) is 16.8. The third-order valence-corrected chi connectivity index (χ3v) is 6.04. The highest BCUT2D eigenvalue weighted by Gasteiger charge is 2.42. The quantitative estimate of drug-likeness (QED) is 0.936. The van der Waals surface area contributed by atoms with E-state index >= 15 is 0 Å². The molecule has 0 radical (unpaired) electrons. The van der Waals surface area contributed by atoms with E-state index in [0.29, 0.717) is 11.6 Å². The van der Waals surface area contributed by atoms with Gasteiger partial charge in [0.1, 0.15) is 5.69 Å². The van der Waals surface area contributed by atoms with Crippen molar-refractivity contribution in [3.05, 3.63) is 23.7 Å². The van der Waals surface area contributed by atoms with Gasteiger partial charge in [-0.05, 0) is 50.9 Å². The van der Waals surface area contributed by atoms with E-state index in [2.05, 4.69) is 22.5 Å². The second-order valence-corrected chi connectivity index (χ2v) is 7.44. The van der Waals surface area contributed by atoms with Crippen LogP contribution in [-0.2, 0) is 7.05 Å². The van der Waals surface area contributed by atoms with Gasteiger partial charge < -0.3 is 9.84 Å². The third kappa shape index (κ3) is 2.54. The van der Waals surface area contributed by atoms with Crippen LogP contribution in [0.4, 0.5) is 0 Å². The van der Waals surface area contributed by atoms with Crippen LogP contribution in [0.2, 0.25) is 0 Å². The van der Waals surface area contributed by atoms with Crippen molar-refractivity contribution >= 4 is 5.91 Å². The Balaban J connectivity index is 1.44. The van der Waals surface area contributed by atoms with Gasteiger partial charge in [0.2, 0.25) is 5.76 Å². The standard InChI is InChI=1S/C18H24N4O2/c1-10(14-7-12-4-5-13(14)6-12)20-18(23)17-8-16(21-24-17)15-9-19-22(3)11(15)2/h8-10,12-14H,4-7H2,1-3H3,(H,20,23)/t10-,12+,13+,14-/m1/s1. The molecule has 2 heterocycles. The molecule has 2 bridgehead atoms. The number of hydrogen-bond donors (Lipinski definition) is 1. The van der Waals surface area contributed by atoms with E-state index in [4.69, 9.17) is 4.52 Å². The van der Waals surface area contributed by atoms with Crippen LogP contribution in [0.15, 0.2) is 16.8 Å². The largest absolute Gasteiger partial charge is 0.350 e. The molecule has 4 atom stereocenters. The Morgan fingerprint density at radius 3 is 2.88 bits per heavy atom. The molecule has 24 heavy (non-hydrogen) atoms. The summed E-state index contributed by atoms with van der Waals surface area (Å²) in [6.07, 6.45) is 7.03. The molecule has 0 unspecified atom stereocenters. The van der Waals surface area contributed by atoms with Crippen molar-refractivity contribution in [3.8, 4) is 11.3 Å². The molecular formula is C18H24N4O2. The summed E-state index contributed by atoms with van der Waals surface area (Å²) in [6, 6.07) is 1.88. The second-order valence-electron chi connectivity index (χ2n) is 7.44. The van der Waals surface area contributed by atoms with E-state index < -0.39 is 0 Å². The predicted octanol–water partition coefficient (Wildman–Crippen LogP) is 2.94. The number of aryl methyl sites for hydroxylation is 1. The zero-order valence-electron chi connectivity index (χ0n) is 14.5. The monoisotopic (exact) mass is 328 g/mol. The molecule has 6 heteroatoms. The molecule has 2 aliphatic carbocycles. The molecular weight excluding hydrogens is 304 g/mol. The van der Waals surface area contributed by atoms with Crippen molar-refractivity contribution in [1.82, 2.24) is 20.3 Å². The predicted molar refractivity (Wildman–Crippen MR) is 89.3 cm³/mol. The van der Waals surface area contributed by atoms with Crippen LogP contribution in [0.5, 0.6) is 0 Å². The van der Waals surface area contributed by atoms with Crippen LogP contribution in [0.25, 0.3) is 11.3 Å². The summed E-state index contributed by atoms with van der Waals surface area (Å²) in [5.41, 5.74) is 2.53. The fourth-order valence-electron chi connectivity index (χ4n) is 4.55. The minimum Gasteiger partial charge on any atom is -0.350 e. The first kappa shape index (κ1) is 15.4. The first-order chi connectivity index (χ1) is 11.5. The molecule has 2 fully saturated rings. The van der Waals surface area contributed by atoms with Crippen LogP contribution >= 0.6 is 0 Å². The van der Waals surface area contributed by atoms with Crippen molar-refractivity contribution in [2.24, 2.45) is 24.8 Å². The minimum atomic E-state index is -0.175. The summed E-state index contributed by atoms with van der Waals surface area (Å²) in [5.74, 6) is 2.36. The maximum absolute atomic E-state index is 12.5. The summed E-state index contributed by atoms with van der Waals surface area (Å²) in [6.45, 7) is 4.08. The number of nitrogens with zero attached hydrogens (tertiary/aromatic N) is 3. The van der Waals surface area contributed by atoms with Crippen molar-refractivity contribution in [3.63, 3.8) is 0 Å². The highest BCUT2D eigenvalue weighted by molar-refractivity contribution is 5.92. The van der Waals surface area contributed by atoms with Gasteiger partial charge in [0.25, 0.3) is 5.91 Å². The Hall–Kier alpha value is -2.11. The summed E-state index contributed by atoms with van der Waals surface area (Å²) in [5, 5.41) is 11.4. The second kappa shape index (κ2) is 5.76. The lowest BCUT2D eigenvalue weighted by Gasteiger charge is -2.28. The molecule has 0 spiro atoms. The molecule has 0 saturated heterocycles. The highest BCUT2D eigenvalue weighted by Crippen LogP contribution is 2.49. The average molecular weight is 328 g/mol. The fourth-order valence-corrected chi connectivity index (χ4v) is 4.55. The number of rotatable bonds is 4. The van der Waals surface area contributed by atoms with Gasteiger partial charge in [0.05, 0.1) is 6.20 Å². The van der Waals surface area contributed by atoms with E-state index in [9.17, 15) is 4.79 Å². The normalized spacial score (nSPS) is 26.7. The van der Waals surface area contributed by atoms with Crippen molar-refractivity contribution in [2.75, 3.05) is 0 Å². The number of carbonyl (C=O) groups is 1. The lowest BCUT2D eigenvalue weighted by Crippen LogP contribution is -2.40. The number of hydrogen-bond acceptors (Lipinski definition) is 4. The van der Waals surface area contributed by atoms with Gasteiger partial charge >= 0.3 is 0 Å². The van der Waals surface area contributed by atoms with Crippen molar-refractivity contribution < 1.29 is 9.32 Å². The molecule has 128 valence electrons. The lowest BCUT2D eigenvalue weighted by molar-refractivity contribution is 0.0878. The topological polar surface area (TPSA) is 73.0 Å². The van der Waals surface area contributed by atoms with Gasteiger partial charge in [-0.15, -0.1) is 0 Å². The molecule has 2 saturated carbocycles. The molecule has 2 aromatic heterocycles. The highest BCUT2D eigenvalue weighted by atomic mass is 16.5. The number of carbonyl (C=O) groups excluding carboxylic acids is 1. The summed E-state index contributed by atoms with van der Waals surface area (Å²) >= 11 is 0. The average Bonchev–Trinajstić information content (AvgIpc) is 3.32. The maximum Gasteiger partial charge on any atom is 0.290 e. The van der Waals surface area contributed by atoms with Crippen molar-refractivity contribution in [2.45, 2.75) is 45.6 Å². The van der Waals surface area contributed by atoms with Gasteiger partial charge in [0, 0.05) is 30.4 Å². The molecule has 4 rings (SSSR count). The summed E-state index contributed by atoms with van der Waals surface area (Å²) in [7, 11) is 1.88. The zero-order valence-corrected chi connectivity index (χ0v) is 14.5. The molecule has 0 aromatic carbocycles. The van der Waals surface area contributed by atoms with Crippen LogP contribution in [-0.4, -0.2) is 26.9 Å². The molecule has 1 amide bonds. The number of aromatic nitrogens is 3. The van der Waals surface area contributed by atoms with E-state index in [0.717, 1.165) is 23.1 Å². The first-order valence-corrected chi connectivity index (χ1v) is 8.79. The fraction of sp³-hybridized carbons (Fsp3) is 0.611. The van der Waals surface area contributed by atoms with Gasteiger partial charge in [-0.2, -0.15) is 5.10 Å². The first-order valence-electron chi connectivity index (χ1n) is 8.79. The van der Waals surface area contributed by atoms with E-state index in [-0.39, 0.29) is 17.7 Å². The summed E-state index contributed by atoms with van der Waals surface area (Å²) in [4.78, 5) is 12.5. The molecule has 2 aromatic rings. The van der Waals surface area contributed by atoms with E-state index in [1.807, 2.05) is 14.0 Å². The Morgan fingerprint density at radius 2 is 2.25 bits per heavy atom. The van der Waals surface area contributed by atoms with E-state index in [1.54, 1.807) is 16.9 Å². The molecule has 2 aliphatic rings. The number of fused-ring (bicyclic) bond motifs is 2. The Bertz CT molecular complexity index is 763. The third-order valence-electron chi connectivity index (χ3n) is 6.04. The van der Waals surface area contributed by atoms with Crippen LogP contribution in [0.1, 0.15) is 48.9 Å². The Labute approximate surface area is 141 Å². The molecule has 1 N–H and O–H groups in total. The maximum atomic E-state index is 12.5. The van der Waals surface area contributed by atoms with E-state index in [1.165, 1.54) is 25.7 Å². The van der Waals surface area contributed by atoms with Crippen LogP contribution in [0, 0.1) is 24.7 Å². The minimum absolute atomic E-state index is 0.175. The van der Waals surface area contributed by atoms with Gasteiger partial charge in [0.15, 0.2) is 0 Å². The SMILES string of the molecule is Cc1c(-c2cc(C(=O)N[C@H](C)[C@H]3C[C@H]4CC[C@H]3C4)on2)cnn1C. The lowest BCUT2D eigenvalue weighted by atomic mass is 9.84. The molecule has 0 aliphatic heterocycles. The smallest absolute Gasteiger partial charge is 0.290 e. The molecule has 6 nitrogen and oxygen atoms in total. The summed E-state index contributed by atoms with van der Waals surface area (Å²) < 4.78 is 7.05. The van der Waals surface area contributed by atoms with Gasteiger partial charge in [-0.1, -0.05) is 11.6 Å². The van der Waals surface area contributed by atoms with Gasteiger partial charge in [-0.25, -0.2) is 0 Å². The Kier molecular flexibility index (Phi) is 3.70. The van der Waals surface area contributed by atoms with Crippen LogP contribution < -0.4 is 5.32 Å². The number of nitrogens with one attached hydrogen (secondary N) is 1. The van der Waals surface area contributed by atoms with Crippen molar-refractivity contribution in [1.29, 1.82) is 0 Å².